The van der Waals surface area contributed by atoms with Crippen molar-refractivity contribution in [1.82, 2.24) is 0 Å². The Balaban J connectivity index is 1.60. The molecule has 86 valence electrons. The van der Waals surface area contributed by atoms with Crippen LogP contribution in [0.2, 0.25) is 0 Å². The van der Waals surface area contributed by atoms with Gasteiger partial charge in [0.2, 0.25) is 0 Å². The summed E-state index contributed by atoms with van der Waals surface area (Å²) in [4.78, 5) is 0. The van der Waals surface area contributed by atoms with Gasteiger partial charge in [0.15, 0.2) is 0 Å². The molecule has 3 atom stereocenters. The summed E-state index contributed by atoms with van der Waals surface area (Å²) in [5, 5.41) is 0. The molecule has 15 heavy (non-hydrogen) atoms. The predicted octanol–water partition coefficient (Wildman–Crippen LogP) is 2.32. The van der Waals surface area contributed by atoms with Crippen LogP contribution < -0.4 is 5.73 Å². The lowest BCUT2D eigenvalue weighted by Gasteiger charge is -2.37. The van der Waals surface area contributed by atoms with Gasteiger partial charge in [-0.3, -0.25) is 0 Å². The Labute approximate surface area is 92.6 Å². The monoisotopic (exact) mass is 209 g/mol. The van der Waals surface area contributed by atoms with E-state index in [1.54, 1.807) is 0 Å². The molecule has 1 heterocycles. The minimum atomic E-state index is 0.118. The normalized spacial score (nSPS) is 43.4. The van der Waals surface area contributed by atoms with Gasteiger partial charge >= 0.3 is 0 Å². The highest BCUT2D eigenvalue weighted by Gasteiger charge is 2.42. The maximum atomic E-state index is 6.49. The molecular weight excluding hydrogens is 186 g/mol. The van der Waals surface area contributed by atoms with Crippen molar-refractivity contribution in [3.05, 3.63) is 0 Å². The van der Waals surface area contributed by atoms with Gasteiger partial charge in [-0.15, -0.1) is 0 Å². The lowest BCUT2D eigenvalue weighted by Crippen LogP contribution is -2.47. The zero-order valence-corrected chi connectivity index (χ0v) is 9.58. The average Bonchev–Trinajstić information content (AvgIpc) is 2.79. The van der Waals surface area contributed by atoms with E-state index in [2.05, 4.69) is 0 Å². The molecule has 0 radical (unpaired) electrons. The fourth-order valence-electron chi connectivity index (χ4n) is 4.13. The van der Waals surface area contributed by atoms with Gasteiger partial charge in [0, 0.05) is 18.8 Å². The quantitative estimate of drug-likeness (QED) is 0.757. The third kappa shape index (κ3) is 1.94. The van der Waals surface area contributed by atoms with Crippen molar-refractivity contribution in [2.75, 3.05) is 13.2 Å². The number of hydrogen-bond acceptors (Lipinski definition) is 2. The van der Waals surface area contributed by atoms with E-state index in [-0.39, 0.29) is 5.54 Å². The zero-order valence-electron chi connectivity index (χ0n) is 9.58. The Kier molecular flexibility index (Phi) is 2.52. The third-order valence-corrected chi connectivity index (χ3v) is 5.04. The maximum absolute atomic E-state index is 6.49. The lowest BCUT2D eigenvalue weighted by molar-refractivity contribution is 0.0401. The first-order valence-corrected chi connectivity index (χ1v) is 6.62. The number of ether oxygens (including phenoxy) is 1. The summed E-state index contributed by atoms with van der Waals surface area (Å²) >= 11 is 0. The van der Waals surface area contributed by atoms with Crippen LogP contribution in [0, 0.1) is 17.8 Å². The smallest absolute Gasteiger partial charge is 0.0483 e. The van der Waals surface area contributed by atoms with Gasteiger partial charge in [-0.25, -0.2) is 0 Å². The molecule has 2 N–H and O–H groups in total. The van der Waals surface area contributed by atoms with Crippen LogP contribution in [0.1, 0.15) is 44.9 Å². The molecule has 2 nitrogen and oxygen atoms in total. The van der Waals surface area contributed by atoms with Crippen molar-refractivity contribution < 1.29 is 4.74 Å². The van der Waals surface area contributed by atoms with Crippen LogP contribution in [0.3, 0.4) is 0 Å². The van der Waals surface area contributed by atoms with Gasteiger partial charge in [-0.2, -0.15) is 0 Å². The number of nitrogens with two attached hydrogens (primary N) is 1. The van der Waals surface area contributed by atoms with Gasteiger partial charge in [0.05, 0.1) is 0 Å². The lowest BCUT2D eigenvalue weighted by atomic mass is 9.76. The summed E-state index contributed by atoms with van der Waals surface area (Å²) in [6, 6.07) is 0. The number of hydrogen-bond donors (Lipinski definition) is 1. The molecule has 1 aliphatic heterocycles. The number of rotatable bonds is 2. The van der Waals surface area contributed by atoms with Crippen LogP contribution in [0.25, 0.3) is 0 Å². The third-order valence-electron chi connectivity index (χ3n) is 5.04. The Bertz CT molecular complexity index is 235. The van der Waals surface area contributed by atoms with Gasteiger partial charge in [0.25, 0.3) is 0 Å². The van der Waals surface area contributed by atoms with E-state index in [1.165, 1.54) is 32.1 Å². The van der Waals surface area contributed by atoms with Crippen LogP contribution in [0.15, 0.2) is 0 Å². The molecule has 3 aliphatic rings. The van der Waals surface area contributed by atoms with Crippen LogP contribution in [0.5, 0.6) is 0 Å². The van der Waals surface area contributed by atoms with Gasteiger partial charge < -0.3 is 10.5 Å². The second-order valence-corrected chi connectivity index (χ2v) is 6.11. The Morgan fingerprint density at radius 1 is 1.13 bits per heavy atom. The molecule has 2 saturated carbocycles. The summed E-state index contributed by atoms with van der Waals surface area (Å²) < 4.78 is 5.41. The van der Waals surface area contributed by atoms with Gasteiger partial charge in [-0.1, -0.05) is 6.42 Å². The van der Waals surface area contributed by atoms with Crippen molar-refractivity contribution in [2.24, 2.45) is 23.5 Å². The van der Waals surface area contributed by atoms with E-state index in [4.69, 9.17) is 10.5 Å². The Morgan fingerprint density at radius 3 is 2.53 bits per heavy atom. The van der Waals surface area contributed by atoms with Gasteiger partial charge in [-0.05, 0) is 56.3 Å². The van der Waals surface area contributed by atoms with Crippen molar-refractivity contribution in [3.63, 3.8) is 0 Å². The summed E-state index contributed by atoms with van der Waals surface area (Å²) in [7, 11) is 0. The summed E-state index contributed by atoms with van der Waals surface area (Å²) in [5.41, 5.74) is 6.61. The van der Waals surface area contributed by atoms with Crippen LogP contribution >= 0.6 is 0 Å². The molecule has 1 saturated heterocycles. The molecule has 0 spiro atoms. The first-order valence-electron chi connectivity index (χ1n) is 6.62. The molecule has 0 aromatic rings. The molecule has 2 bridgehead atoms. The first kappa shape index (κ1) is 10.1. The van der Waals surface area contributed by atoms with E-state index in [0.29, 0.717) is 0 Å². The highest BCUT2D eigenvalue weighted by molar-refractivity contribution is 4.96. The average molecular weight is 209 g/mol. The molecule has 2 heteroatoms. The summed E-state index contributed by atoms with van der Waals surface area (Å²) in [6.07, 6.45) is 9.42. The van der Waals surface area contributed by atoms with Crippen molar-refractivity contribution in [2.45, 2.75) is 50.5 Å². The largest absolute Gasteiger partial charge is 0.381 e. The summed E-state index contributed by atoms with van der Waals surface area (Å²) in [6.45, 7) is 1.77. The van der Waals surface area contributed by atoms with Crippen LogP contribution in [0.4, 0.5) is 0 Å². The van der Waals surface area contributed by atoms with Crippen LogP contribution in [-0.4, -0.2) is 18.8 Å². The fraction of sp³-hybridized carbons (Fsp3) is 1.00. The Hall–Kier alpha value is -0.0800. The molecule has 3 rings (SSSR count). The zero-order chi connectivity index (χ0) is 10.3. The highest BCUT2D eigenvalue weighted by atomic mass is 16.5. The van der Waals surface area contributed by atoms with Crippen molar-refractivity contribution >= 4 is 0 Å². The molecule has 2 aliphatic carbocycles. The first-order chi connectivity index (χ1) is 7.25. The van der Waals surface area contributed by atoms with E-state index in [0.717, 1.165) is 43.8 Å². The molecule has 3 unspecified atom stereocenters. The minimum Gasteiger partial charge on any atom is -0.381 e. The maximum Gasteiger partial charge on any atom is 0.0483 e. The second-order valence-electron chi connectivity index (χ2n) is 6.11. The number of fused-ring (bicyclic) bond motifs is 2. The topological polar surface area (TPSA) is 35.2 Å². The summed E-state index contributed by atoms with van der Waals surface area (Å²) in [5.74, 6) is 3.04. The van der Waals surface area contributed by atoms with E-state index in [9.17, 15) is 0 Å². The second kappa shape index (κ2) is 3.74. The molecule has 0 aromatic carbocycles. The van der Waals surface area contributed by atoms with E-state index < -0.39 is 0 Å². The van der Waals surface area contributed by atoms with Crippen molar-refractivity contribution in [1.29, 1.82) is 0 Å². The minimum absolute atomic E-state index is 0.118. The van der Waals surface area contributed by atoms with Crippen LogP contribution in [-0.2, 0) is 4.74 Å². The molecular formula is C13H23NO. The Morgan fingerprint density at radius 2 is 1.93 bits per heavy atom. The van der Waals surface area contributed by atoms with E-state index in [1.807, 2.05) is 0 Å². The van der Waals surface area contributed by atoms with E-state index >= 15 is 0 Å². The fourth-order valence-corrected chi connectivity index (χ4v) is 4.13. The predicted molar refractivity (Wildman–Crippen MR) is 60.5 cm³/mol. The van der Waals surface area contributed by atoms with Gasteiger partial charge in [0.1, 0.15) is 0 Å². The standard InChI is InChI=1S/C13H23NO/c14-13(3-5-15-6-4-13)9-12-8-10-1-2-11(12)7-10/h10-12H,1-9,14H2. The molecule has 3 fully saturated rings. The SMILES string of the molecule is NC1(CC2CC3CCC2C3)CCOCC1. The molecule has 0 aromatic heterocycles. The van der Waals surface area contributed by atoms with Crippen molar-refractivity contribution in [3.8, 4) is 0 Å². The molecule has 0 amide bonds. The highest BCUT2D eigenvalue weighted by Crippen LogP contribution is 2.51.